The highest BCUT2D eigenvalue weighted by molar-refractivity contribution is 6.09. The van der Waals surface area contributed by atoms with Gasteiger partial charge < -0.3 is 0 Å². The monoisotopic (exact) mass is 580 g/mol. The molecular formula is C38H26N7+. The molecule has 7 nitrogen and oxygen atoms in total. The molecule has 0 saturated heterocycles. The first-order valence-corrected chi connectivity index (χ1v) is 14.7. The molecule has 2 aromatic heterocycles. The van der Waals surface area contributed by atoms with Crippen LogP contribution in [0, 0.1) is 6.08 Å². The third-order valence-electron chi connectivity index (χ3n) is 7.59. The summed E-state index contributed by atoms with van der Waals surface area (Å²) in [4.78, 5) is 22.3. The molecule has 0 saturated carbocycles. The van der Waals surface area contributed by atoms with Gasteiger partial charge in [-0.15, -0.1) is 0 Å². The van der Waals surface area contributed by atoms with E-state index in [1.807, 2.05) is 124 Å². The van der Waals surface area contributed by atoms with E-state index >= 15 is 0 Å². The fourth-order valence-corrected chi connectivity index (χ4v) is 5.45. The Balaban J connectivity index is 1.35. The normalized spacial score (nSPS) is 16.4. The summed E-state index contributed by atoms with van der Waals surface area (Å²) in [6.07, 6.45) is 23.2. The van der Waals surface area contributed by atoms with Gasteiger partial charge in [0.25, 0.3) is 0 Å². The maximum absolute atomic E-state index is 5.12. The van der Waals surface area contributed by atoms with Crippen molar-refractivity contribution in [2.75, 3.05) is 4.90 Å². The van der Waals surface area contributed by atoms with Gasteiger partial charge in [0.05, 0.1) is 12.2 Å². The molecular weight excluding hydrogens is 554 g/mol. The first kappa shape index (κ1) is 26.2. The van der Waals surface area contributed by atoms with E-state index < -0.39 is 0 Å². The third-order valence-corrected chi connectivity index (χ3v) is 7.59. The minimum Gasteiger partial charge on any atom is -0.255 e. The van der Waals surface area contributed by atoms with E-state index in [-0.39, 0.29) is 0 Å². The Morgan fingerprint density at radius 2 is 1.07 bits per heavy atom. The molecule has 0 spiro atoms. The van der Waals surface area contributed by atoms with Gasteiger partial charge in [0.1, 0.15) is 23.8 Å². The van der Waals surface area contributed by atoms with Crippen molar-refractivity contribution in [3.8, 4) is 0 Å². The first-order valence-electron chi connectivity index (χ1n) is 14.7. The molecule has 5 heterocycles. The van der Waals surface area contributed by atoms with Crippen molar-refractivity contribution in [2.45, 2.75) is 0 Å². The third kappa shape index (κ3) is 5.20. The van der Waals surface area contributed by atoms with Crippen molar-refractivity contribution in [1.82, 2.24) is 20.0 Å². The molecule has 8 rings (SSSR count). The lowest BCUT2D eigenvalue weighted by Crippen LogP contribution is -2.44. The van der Waals surface area contributed by atoms with Crippen LogP contribution in [0.4, 0.5) is 23.3 Å². The highest BCUT2D eigenvalue weighted by Crippen LogP contribution is 2.33. The molecule has 0 amide bonds. The Bertz CT molecular complexity index is 1930. The van der Waals surface area contributed by atoms with Crippen LogP contribution in [0.25, 0.3) is 11.1 Å². The maximum atomic E-state index is 5.12. The number of allylic oxidation sites excluding steroid dienone is 9. The van der Waals surface area contributed by atoms with Crippen molar-refractivity contribution in [3.63, 3.8) is 0 Å². The highest BCUT2D eigenvalue weighted by atomic mass is 15.6. The number of aromatic nitrogens is 2. The molecule has 0 radical (unpaired) electrons. The van der Waals surface area contributed by atoms with Gasteiger partial charge in [-0.3, -0.25) is 4.90 Å². The number of fused-ring (bicyclic) bond motifs is 7. The van der Waals surface area contributed by atoms with Crippen LogP contribution < -0.4 is 4.90 Å². The molecule has 4 aliphatic rings. The van der Waals surface area contributed by atoms with Crippen LogP contribution in [0.5, 0.6) is 0 Å². The summed E-state index contributed by atoms with van der Waals surface area (Å²) in [5, 5.41) is 3.97. The zero-order valence-corrected chi connectivity index (χ0v) is 24.1. The molecule has 1 aliphatic carbocycles. The quantitative estimate of drug-likeness (QED) is 0.229. The number of nitrogens with zero attached hydrogens (tertiary/aromatic N) is 7. The summed E-state index contributed by atoms with van der Waals surface area (Å²) in [7, 11) is 0. The summed E-state index contributed by atoms with van der Waals surface area (Å²) < 4.78 is 0. The van der Waals surface area contributed by atoms with Crippen LogP contribution in [0.15, 0.2) is 174 Å². The molecule has 0 N–H and O–H groups in total. The lowest BCUT2D eigenvalue weighted by molar-refractivity contribution is 0.271. The number of benzene rings is 2. The van der Waals surface area contributed by atoms with Gasteiger partial charge in [-0.2, -0.15) is 0 Å². The fraction of sp³-hybridized carbons (Fsp3) is 0. The maximum Gasteiger partial charge on any atom is 0.162 e. The minimum atomic E-state index is 0.564. The minimum absolute atomic E-state index is 0.564. The zero-order chi connectivity index (χ0) is 30.0. The lowest BCUT2D eigenvalue weighted by Gasteiger charge is -2.36. The Morgan fingerprint density at radius 3 is 1.56 bits per heavy atom. The van der Waals surface area contributed by atoms with Crippen LogP contribution >= 0.6 is 0 Å². The molecule has 212 valence electrons. The van der Waals surface area contributed by atoms with E-state index in [4.69, 9.17) is 20.0 Å². The van der Waals surface area contributed by atoms with E-state index in [0.29, 0.717) is 34.9 Å². The van der Waals surface area contributed by atoms with Gasteiger partial charge in [0.15, 0.2) is 29.0 Å². The molecule has 7 heteroatoms. The lowest BCUT2D eigenvalue weighted by atomic mass is 10.0. The van der Waals surface area contributed by atoms with E-state index in [0.717, 1.165) is 28.0 Å². The second-order valence-corrected chi connectivity index (χ2v) is 10.5. The molecule has 4 aromatic rings. The zero-order valence-electron chi connectivity index (χ0n) is 24.1. The van der Waals surface area contributed by atoms with Crippen LogP contribution in [-0.2, 0) is 0 Å². The van der Waals surface area contributed by atoms with Gasteiger partial charge in [0.2, 0.25) is 0 Å². The number of hydrogen-bond donors (Lipinski definition) is 0. The Labute approximate surface area is 261 Å². The number of hydrazine groups is 1. The topological polar surface area (TPSA) is 60.2 Å². The van der Waals surface area contributed by atoms with Gasteiger partial charge in [-0.05, 0) is 70.8 Å². The Hall–Kier alpha value is -6.43. The largest absolute Gasteiger partial charge is 0.255 e. The van der Waals surface area contributed by atoms with Crippen LogP contribution in [0.3, 0.4) is 0 Å². The van der Waals surface area contributed by atoms with Crippen LogP contribution in [0.2, 0.25) is 0 Å². The number of anilines is 2. The smallest absolute Gasteiger partial charge is 0.162 e. The summed E-state index contributed by atoms with van der Waals surface area (Å²) in [5.74, 6) is 3.88. The van der Waals surface area contributed by atoms with Gasteiger partial charge in [-0.25, -0.2) is 30.0 Å². The second-order valence-electron chi connectivity index (χ2n) is 10.5. The van der Waals surface area contributed by atoms with E-state index in [1.165, 1.54) is 0 Å². The van der Waals surface area contributed by atoms with E-state index in [9.17, 15) is 0 Å². The summed E-state index contributed by atoms with van der Waals surface area (Å²) in [5.41, 5.74) is 5.19. The van der Waals surface area contributed by atoms with Crippen molar-refractivity contribution in [3.05, 3.63) is 181 Å². The van der Waals surface area contributed by atoms with Gasteiger partial charge in [0, 0.05) is 18.5 Å². The number of hydrogen-bond acceptors (Lipinski definition) is 7. The molecule has 0 fully saturated rings. The van der Waals surface area contributed by atoms with Crippen molar-refractivity contribution in [1.29, 1.82) is 0 Å². The molecule has 0 unspecified atom stereocenters. The average molecular weight is 581 g/mol. The molecule has 4 bridgehead atoms. The molecule has 45 heavy (non-hydrogen) atoms. The number of rotatable bonds is 3. The summed E-state index contributed by atoms with van der Waals surface area (Å²) in [6, 6.07) is 32.3. The Morgan fingerprint density at radius 1 is 0.533 bits per heavy atom. The molecule has 3 aliphatic heterocycles. The summed E-state index contributed by atoms with van der Waals surface area (Å²) in [6.45, 7) is 0. The number of pyridine rings is 2. The van der Waals surface area contributed by atoms with Crippen LogP contribution in [-0.4, -0.2) is 31.7 Å². The van der Waals surface area contributed by atoms with Crippen molar-refractivity contribution < 1.29 is 0 Å². The van der Waals surface area contributed by atoms with E-state index in [1.54, 1.807) is 0 Å². The summed E-state index contributed by atoms with van der Waals surface area (Å²) >= 11 is 0. The fourth-order valence-electron chi connectivity index (χ4n) is 5.45. The van der Waals surface area contributed by atoms with E-state index in [2.05, 4.69) is 54.6 Å². The predicted octanol–water partition coefficient (Wildman–Crippen LogP) is 8.24. The van der Waals surface area contributed by atoms with Gasteiger partial charge >= 0.3 is 0 Å². The van der Waals surface area contributed by atoms with Crippen molar-refractivity contribution >= 4 is 46.1 Å². The highest BCUT2D eigenvalue weighted by Gasteiger charge is 2.26. The number of aliphatic imine (C=N–C) groups is 2. The Kier molecular flexibility index (Phi) is 6.61. The second kappa shape index (κ2) is 11.3. The van der Waals surface area contributed by atoms with Gasteiger partial charge in [-0.1, -0.05) is 72.8 Å². The standard InChI is InChI=1S/C38H26N7/c1-4-12-28(13-5-1)30-22-24-43-37(26-30)41-33-18-10-20-35(39-33)45(32-16-8-3-9-17-32)36-21-11-19-34(40-36)42-38-27-31(23-25-44(38)43)29-14-6-2-7-15-29/h1-2,4-27H/q+1. The SMILES string of the molecule is [C+]1=CC=C(N2c3cccc(n3)N=C3C=C(c4ccccc4)C=CN3N3C=CC(c4ccccc4)=CC3=Nc3cccc2n3)C=C1. The van der Waals surface area contributed by atoms with Crippen LogP contribution in [0.1, 0.15) is 11.1 Å². The molecule has 2 aromatic carbocycles. The number of amidine groups is 2. The van der Waals surface area contributed by atoms with Crippen molar-refractivity contribution in [2.24, 2.45) is 9.98 Å². The average Bonchev–Trinajstić information content (AvgIpc) is 3.10. The predicted molar refractivity (Wildman–Crippen MR) is 181 cm³/mol. The molecule has 0 atom stereocenters. The first-order chi connectivity index (χ1) is 22.3.